The molecule has 0 aromatic heterocycles. The maximum absolute atomic E-state index is 10.4. The SMILES string of the molecule is CN(CC1CC(C(C)(C)C)CCC1O)C1CCCCC1O. The van der Waals surface area contributed by atoms with E-state index < -0.39 is 0 Å². The molecule has 0 aromatic carbocycles. The fourth-order valence-electron chi connectivity index (χ4n) is 4.34. The first kappa shape index (κ1) is 17.2. The van der Waals surface area contributed by atoms with Crippen molar-refractivity contribution in [1.82, 2.24) is 4.90 Å². The van der Waals surface area contributed by atoms with E-state index in [0.29, 0.717) is 23.3 Å². The lowest BCUT2D eigenvalue weighted by Crippen LogP contribution is -2.48. The number of rotatable bonds is 3. The Kier molecular flexibility index (Phi) is 5.72. The summed E-state index contributed by atoms with van der Waals surface area (Å²) in [5, 5.41) is 20.6. The van der Waals surface area contributed by atoms with Crippen LogP contribution < -0.4 is 0 Å². The minimum absolute atomic E-state index is 0.160. The van der Waals surface area contributed by atoms with Crippen molar-refractivity contribution in [3.8, 4) is 0 Å². The van der Waals surface area contributed by atoms with Crippen molar-refractivity contribution >= 4 is 0 Å². The topological polar surface area (TPSA) is 43.7 Å². The van der Waals surface area contributed by atoms with E-state index in [1.807, 2.05) is 0 Å². The summed E-state index contributed by atoms with van der Waals surface area (Å²) >= 11 is 0. The van der Waals surface area contributed by atoms with Gasteiger partial charge in [0.2, 0.25) is 0 Å². The van der Waals surface area contributed by atoms with Crippen LogP contribution in [0.15, 0.2) is 0 Å². The fraction of sp³-hybridized carbons (Fsp3) is 1.00. The van der Waals surface area contributed by atoms with Gasteiger partial charge in [0, 0.05) is 12.6 Å². The zero-order valence-corrected chi connectivity index (χ0v) is 14.4. The lowest BCUT2D eigenvalue weighted by atomic mass is 9.68. The van der Waals surface area contributed by atoms with Crippen LogP contribution in [0.4, 0.5) is 0 Å². The summed E-state index contributed by atoms with van der Waals surface area (Å²) in [4.78, 5) is 2.32. The van der Waals surface area contributed by atoms with Crippen molar-refractivity contribution in [2.45, 2.75) is 84.0 Å². The molecule has 0 saturated heterocycles. The summed E-state index contributed by atoms with van der Waals surface area (Å²) in [7, 11) is 2.13. The second-order valence-electron chi connectivity index (χ2n) is 8.56. The van der Waals surface area contributed by atoms with Crippen LogP contribution in [0.5, 0.6) is 0 Å². The molecule has 21 heavy (non-hydrogen) atoms. The molecule has 2 fully saturated rings. The first-order chi connectivity index (χ1) is 9.79. The Morgan fingerprint density at radius 1 is 0.952 bits per heavy atom. The van der Waals surface area contributed by atoms with Gasteiger partial charge in [0.05, 0.1) is 12.2 Å². The van der Waals surface area contributed by atoms with Gasteiger partial charge in [-0.3, -0.25) is 0 Å². The summed E-state index contributed by atoms with van der Waals surface area (Å²) in [6.45, 7) is 7.89. The first-order valence-electron chi connectivity index (χ1n) is 8.85. The second kappa shape index (κ2) is 6.97. The maximum Gasteiger partial charge on any atom is 0.0695 e. The van der Waals surface area contributed by atoms with Crippen LogP contribution in [-0.2, 0) is 0 Å². The highest BCUT2D eigenvalue weighted by molar-refractivity contribution is 4.89. The first-order valence-corrected chi connectivity index (χ1v) is 8.85. The van der Waals surface area contributed by atoms with Crippen LogP contribution in [-0.4, -0.2) is 47.0 Å². The highest BCUT2D eigenvalue weighted by Gasteiger charge is 2.37. The van der Waals surface area contributed by atoms with Crippen molar-refractivity contribution < 1.29 is 10.2 Å². The molecule has 0 bridgehead atoms. The minimum atomic E-state index is -0.178. The molecule has 0 radical (unpaired) electrons. The zero-order valence-electron chi connectivity index (χ0n) is 14.4. The van der Waals surface area contributed by atoms with E-state index in [4.69, 9.17) is 0 Å². The van der Waals surface area contributed by atoms with Gasteiger partial charge in [-0.25, -0.2) is 0 Å². The van der Waals surface area contributed by atoms with Crippen LogP contribution >= 0.6 is 0 Å². The van der Waals surface area contributed by atoms with Crippen LogP contribution in [0.1, 0.15) is 65.7 Å². The Bertz CT molecular complexity index is 326. The highest BCUT2D eigenvalue weighted by Crippen LogP contribution is 2.40. The smallest absolute Gasteiger partial charge is 0.0695 e. The highest BCUT2D eigenvalue weighted by atomic mass is 16.3. The summed E-state index contributed by atoms with van der Waals surface area (Å²) < 4.78 is 0. The van der Waals surface area contributed by atoms with Gasteiger partial charge in [-0.1, -0.05) is 33.6 Å². The molecule has 5 unspecified atom stereocenters. The lowest BCUT2D eigenvalue weighted by Gasteiger charge is -2.43. The quantitative estimate of drug-likeness (QED) is 0.841. The summed E-state index contributed by atoms with van der Waals surface area (Å²) in [6.07, 6.45) is 7.29. The van der Waals surface area contributed by atoms with Gasteiger partial charge in [-0.2, -0.15) is 0 Å². The Morgan fingerprint density at radius 3 is 2.24 bits per heavy atom. The molecule has 2 rings (SSSR count). The molecular formula is C18H35NO2. The molecule has 3 nitrogen and oxygen atoms in total. The Labute approximate surface area is 130 Å². The molecule has 2 aliphatic carbocycles. The van der Waals surface area contributed by atoms with Crippen molar-refractivity contribution in [3.63, 3.8) is 0 Å². The average Bonchev–Trinajstić information content (AvgIpc) is 2.40. The van der Waals surface area contributed by atoms with E-state index in [1.54, 1.807) is 0 Å². The van der Waals surface area contributed by atoms with Crippen molar-refractivity contribution in [2.75, 3.05) is 13.6 Å². The van der Waals surface area contributed by atoms with E-state index >= 15 is 0 Å². The van der Waals surface area contributed by atoms with Crippen LogP contribution in [0.2, 0.25) is 0 Å². The molecule has 124 valence electrons. The van der Waals surface area contributed by atoms with E-state index in [9.17, 15) is 10.2 Å². The molecule has 3 heteroatoms. The molecule has 2 aliphatic rings. The van der Waals surface area contributed by atoms with Crippen LogP contribution in [0, 0.1) is 17.3 Å². The number of hydrogen-bond donors (Lipinski definition) is 2. The van der Waals surface area contributed by atoms with E-state index in [0.717, 1.165) is 45.1 Å². The van der Waals surface area contributed by atoms with Crippen molar-refractivity contribution in [3.05, 3.63) is 0 Å². The van der Waals surface area contributed by atoms with Crippen LogP contribution in [0.3, 0.4) is 0 Å². The summed E-state index contributed by atoms with van der Waals surface area (Å²) in [6, 6.07) is 0.293. The summed E-state index contributed by atoms with van der Waals surface area (Å²) in [5.74, 6) is 1.07. The van der Waals surface area contributed by atoms with Crippen LogP contribution in [0.25, 0.3) is 0 Å². The number of likely N-dealkylation sites (N-methyl/N-ethyl adjacent to an activating group) is 1. The standard InChI is InChI=1S/C18H35NO2/c1-18(2,3)14-9-10-16(20)13(11-14)12-19(4)15-7-5-6-8-17(15)21/h13-17,20-21H,5-12H2,1-4H3. The molecule has 0 heterocycles. The molecular weight excluding hydrogens is 262 g/mol. The normalized spacial score (nSPS) is 38.7. The number of aliphatic hydroxyl groups is 2. The van der Waals surface area contributed by atoms with Gasteiger partial charge >= 0.3 is 0 Å². The lowest BCUT2D eigenvalue weighted by molar-refractivity contribution is -0.0213. The number of aliphatic hydroxyl groups excluding tert-OH is 2. The Morgan fingerprint density at radius 2 is 1.62 bits per heavy atom. The van der Waals surface area contributed by atoms with Gasteiger partial charge in [-0.15, -0.1) is 0 Å². The molecule has 0 aliphatic heterocycles. The zero-order chi connectivity index (χ0) is 15.6. The van der Waals surface area contributed by atoms with E-state index in [1.165, 1.54) is 6.42 Å². The molecule has 0 spiro atoms. The van der Waals surface area contributed by atoms with Gasteiger partial charge in [0.25, 0.3) is 0 Å². The molecule has 0 aromatic rings. The third-order valence-electron chi connectivity index (χ3n) is 5.95. The second-order valence-corrected chi connectivity index (χ2v) is 8.56. The van der Waals surface area contributed by atoms with Gasteiger partial charge < -0.3 is 15.1 Å². The van der Waals surface area contributed by atoms with E-state index in [-0.39, 0.29) is 12.2 Å². The minimum Gasteiger partial charge on any atom is -0.393 e. The van der Waals surface area contributed by atoms with Gasteiger partial charge in [0.15, 0.2) is 0 Å². The van der Waals surface area contributed by atoms with Crippen molar-refractivity contribution in [2.24, 2.45) is 17.3 Å². The maximum atomic E-state index is 10.4. The molecule has 0 amide bonds. The fourth-order valence-corrected chi connectivity index (χ4v) is 4.34. The Balaban J connectivity index is 1.93. The number of hydrogen-bond acceptors (Lipinski definition) is 3. The van der Waals surface area contributed by atoms with Crippen molar-refractivity contribution in [1.29, 1.82) is 0 Å². The largest absolute Gasteiger partial charge is 0.393 e. The molecule has 2 saturated carbocycles. The predicted octanol–water partition coefficient (Wildman–Crippen LogP) is 3.05. The number of nitrogens with zero attached hydrogens (tertiary/aromatic N) is 1. The van der Waals surface area contributed by atoms with Gasteiger partial charge in [-0.05, 0) is 56.4 Å². The summed E-state index contributed by atoms with van der Waals surface area (Å²) in [5.41, 5.74) is 0.335. The predicted molar refractivity (Wildman–Crippen MR) is 87.2 cm³/mol. The van der Waals surface area contributed by atoms with E-state index in [2.05, 4.69) is 32.7 Å². The third kappa shape index (κ3) is 4.43. The monoisotopic (exact) mass is 297 g/mol. The van der Waals surface area contributed by atoms with Gasteiger partial charge in [0.1, 0.15) is 0 Å². The molecule has 2 N–H and O–H groups in total. The Hall–Kier alpha value is -0.120. The average molecular weight is 297 g/mol. The molecule has 5 atom stereocenters. The third-order valence-corrected chi connectivity index (χ3v) is 5.95.